The van der Waals surface area contributed by atoms with Crippen molar-refractivity contribution in [1.29, 1.82) is 0 Å². The maximum Gasteiger partial charge on any atom is 0.194 e. The van der Waals surface area contributed by atoms with Gasteiger partial charge in [0.15, 0.2) is 4.96 Å². The van der Waals surface area contributed by atoms with Gasteiger partial charge in [0, 0.05) is 42.6 Å². The number of nitrogens with zero attached hydrogens (tertiary/aromatic N) is 5. The second kappa shape index (κ2) is 7.19. The number of aryl methyl sites for hydroxylation is 3. The molecule has 0 radical (unpaired) electrons. The standard InChI is InChI=1S/C18H23N5OS/c1-13-9-15(20-12-19-13)3-4-16-10-22(5-7-24-16)11-17-14(2)21-18-23(17)6-8-25-18/h6,8-9,12,16H,3-5,7,10-11H2,1-2H3/t16-/m0/s1. The molecule has 132 valence electrons. The lowest BCUT2D eigenvalue weighted by atomic mass is 10.1. The molecule has 0 saturated carbocycles. The van der Waals surface area contributed by atoms with Crippen LogP contribution < -0.4 is 0 Å². The summed E-state index contributed by atoms with van der Waals surface area (Å²) < 4.78 is 8.19. The Bertz CT molecular complexity index is 858. The van der Waals surface area contributed by atoms with Gasteiger partial charge in [0.1, 0.15) is 6.33 Å². The van der Waals surface area contributed by atoms with Crippen LogP contribution in [0.25, 0.3) is 4.96 Å². The number of aromatic nitrogens is 4. The van der Waals surface area contributed by atoms with Gasteiger partial charge in [-0.25, -0.2) is 15.0 Å². The molecular weight excluding hydrogens is 334 g/mol. The minimum Gasteiger partial charge on any atom is -0.376 e. The molecule has 0 spiro atoms. The third kappa shape index (κ3) is 3.73. The molecule has 0 aliphatic carbocycles. The van der Waals surface area contributed by atoms with Gasteiger partial charge in [-0.1, -0.05) is 0 Å². The molecule has 0 bridgehead atoms. The van der Waals surface area contributed by atoms with E-state index < -0.39 is 0 Å². The number of hydrogen-bond donors (Lipinski definition) is 0. The monoisotopic (exact) mass is 357 g/mol. The van der Waals surface area contributed by atoms with Crippen LogP contribution in [-0.2, 0) is 17.7 Å². The van der Waals surface area contributed by atoms with Crippen molar-refractivity contribution in [2.75, 3.05) is 19.7 Å². The zero-order chi connectivity index (χ0) is 17.2. The van der Waals surface area contributed by atoms with Crippen molar-refractivity contribution in [2.45, 2.75) is 39.3 Å². The summed E-state index contributed by atoms with van der Waals surface area (Å²) in [4.78, 5) is 16.7. The molecule has 3 aromatic heterocycles. The lowest BCUT2D eigenvalue weighted by Gasteiger charge is -2.32. The van der Waals surface area contributed by atoms with Gasteiger partial charge >= 0.3 is 0 Å². The second-order valence-electron chi connectivity index (χ2n) is 6.62. The zero-order valence-corrected chi connectivity index (χ0v) is 15.5. The molecule has 4 rings (SSSR count). The summed E-state index contributed by atoms with van der Waals surface area (Å²) in [6, 6.07) is 2.06. The predicted molar refractivity (Wildman–Crippen MR) is 97.9 cm³/mol. The summed E-state index contributed by atoms with van der Waals surface area (Å²) in [5, 5.41) is 2.09. The van der Waals surface area contributed by atoms with Gasteiger partial charge in [-0.05, 0) is 32.8 Å². The second-order valence-corrected chi connectivity index (χ2v) is 7.49. The predicted octanol–water partition coefficient (Wildman–Crippen LogP) is 2.64. The van der Waals surface area contributed by atoms with Crippen molar-refractivity contribution in [3.8, 4) is 0 Å². The van der Waals surface area contributed by atoms with Crippen LogP contribution in [-0.4, -0.2) is 50.1 Å². The Morgan fingerprint density at radius 1 is 1.32 bits per heavy atom. The van der Waals surface area contributed by atoms with Crippen molar-refractivity contribution in [3.63, 3.8) is 0 Å². The van der Waals surface area contributed by atoms with Gasteiger partial charge in [-0.15, -0.1) is 11.3 Å². The fraction of sp³-hybridized carbons (Fsp3) is 0.500. The molecule has 1 aliphatic rings. The molecular formula is C18H23N5OS. The smallest absolute Gasteiger partial charge is 0.194 e. The highest BCUT2D eigenvalue weighted by atomic mass is 32.1. The Kier molecular flexibility index (Phi) is 4.78. The SMILES string of the molecule is Cc1cc(CC[C@H]2CN(Cc3c(C)nc4sccn34)CCO2)ncn1. The average molecular weight is 357 g/mol. The highest BCUT2D eigenvalue weighted by Gasteiger charge is 2.22. The van der Waals surface area contributed by atoms with Crippen LogP contribution in [0.15, 0.2) is 24.0 Å². The van der Waals surface area contributed by atoms with E-state index in [-0.39, 0.29) is 6.10 Å². The van der Waals surface area contributed by atoms with Crippen LogP contribution in [0, 0.1) is 13.8 Å². The van der Waals surface area contributed by atoms with Crippen LogP contribution >= 0.6 is 11.3 Å². The molecule has 0 N–H and O–H groups in total. The first kappa shape index (κ1) is 16.6. The number of hydrogen-bond acceptors (Lipinski definition) is 6. The molecule has 1 fully saturated rings. The maximum absolute atomic E-state index is 5.98. The van der Waals surface area contributed by atoms with Crippen LogP contribution in [0.2, 0.25) is 0 Å². The van der Waals surface area contributed by atoms with Gasteiger partial charge in [0.2, 0.25) is 0 Å². The van der Waals surface area contributed by atoms with E-state index in [2.05, 4.69) is 48.8 Å². The molecule has 4 heterocycles. The topological polar surface area (TPSA) is 55.6 Å². The summed E-state index contributed by atoms with van der Waals surface area (Å²) in [6.07, 6.45) is 5.95. The van der Waals surface area contributed by atoms with Crippen molar-refractivity contribution in [2.24, 2.45) is 0 Å². The highest BCUT2D eigenvalue weighted by Crippen LogP contribution is 2.20. The van der Waals surface area contributed by atoms with E-state index in [0.717, 1.165) is 61.1 Å². The number of morpholine rings is 1. The summed E-state index contributed by atoms with van der Waals surface area (Å²) in [5.74, 6) is 0. The van der Waals surface area contributed by atoms with Crippen molar-refractivity contribution < 1.29 is 4.74 Å². The minimum atomic E-state index is 0.259. The fourth-order valence-electron chi connectivity index (χ4n) is 3.40. The van der Waals surface area contributed by atoms with E-state index in [0.29, 0.717) is 0 Å². The van der Waals surface area contributed by atoms with E-state index in [1.807, 2.05) is 6.92 Å². The van der Waals surface area contributed by atoms with Gasteiger partial charge < -0.3 is 4.74 Å². The first-order valence-corrected chi connectivity index (χ1v) is 9.59. The zero-order valence-electron chi connectivity index (χ0n) is 14.7. The van der Waals surface area contributed by atoms with Crippen LogP contribution in [0.3, 0.4) is 0 Å². The van der Waals surface area contributed by atoms with Gasteiger partial charge in [-0.3, -0.25) is 9.30 Å². The summed E-state index contributed by atoms with van der Waals surface area (Å²) in [6.45, 7) is 7.75. The third-order valence-corrected chi connectivity index (χ3v) is 5.50. The molecule has 1 atom stereocenters. The lowest BCUT2D eigenvalue weighted by Crippen LogP contribution is -2.42. The highest BCUT2D eigenvalue weighted by molar-refractivity contribution is 7.15. The van der Waals surface area contributed by atoms with E-state index in [9.17, 15) is 0 Å². The summed E-state index contributed by atoms with van der Waals surface area (Å²) in [5.41, 5.74) is 4.54. The first-order chi connectivity index (χ1) is 12.2. The Hall–Kier alpha value is -1.83. The number of thiazole rings is 1. The van der Waals surface area contributed by atoms with Crippen molar-refractivity contribution in [1.82, 2.24) is 24.3 Å². The normalized spacial score (nSPS) is 18.9. The molecule has 25 heavy (non-hydrogen) atoms. The third-order valence-electron chi connectivity index (χ3n) is 4.74. The minimum absolute atomic E-state index is 0.259. The molecule has 1 aliphatic heterocycles. The fourth-order valence-corrected chi connectivity index (χ4v) is 4.18. The van der Waals surface area contributed by atoms with Crippen molar-refractivity contribution in [3.05, 3.63) is 46.7 Å². The van der Waals surface area contributed by atoms with Crippen molar-refractivity contribution >= 4 is 16.3 Å². The van der Waals surface area contributed by atoms with Crippen LogP contribution in [0.4, 0.5) is 0 Å². The van der Waals surface area contributed by atoms with Crippen LogP contribution in [0.5, 0.6) is 0 Å². The number of rotatable bonds is 5. The quantitative estimate of drug-likeness (QED) is 0.703. The van der Waals surface area contributed by atoms with E-state index in [4.69, 9.17) is 4.74 Å². The average Bonchev–Trinajstić information content (AvgIpc) is 3.16. The summed E-state index contributed by atoms with van der Waals surface area (Å²) >= 11 is 1.69. The molecule has 3 aromatic rings. The van der Waals surface area contributed by atoms with E-state index >= 15 is 0 Å². The van der Waals surface area contributed by atoms with Gasteiger partial charge in [0.05, 0.1) is 24.1 Å². The van der Waals surface area contributed by atoms with Crippen LogP contribution in [0.1, 0.15) is 29.2 Å². The Labute approximate surface area is 151 Å². The molecule has 6 nitrogen and oxygen atoms in total. The van der Waals surface area contributed by atoms with E-state index in [1.165, 1.54) is 5.69 Å². The molecule has 7 heteroatoms. The molecule has 1 saturated heterocycles. The molecule has 0 aromatic carbocycles. The van der Waals surface area contributed by atoms with Gasteiger partial charge in [-0.2, -0.15) is 0 Å². The lowest BCUT2D eigenvalue weighted by molar-refractivity contribution is -0.0351. The Balaban J connectivity index is 1.37. The first-order valence-electron chi connectivity index (χ1n) is 8.71. The summed E-state index contributed by atoms with van der Waals surface area (Å²) in [7, 11) is 0. The molecule has 0 unspecified atom stereocenters. The van der Waals surface area contributed by atoms with E-state index in [1.54, 1.807) is 17.7 Å². The number of fused-ring (bicyclic) bond motifs is 1. The Morgan fingerprint density at radius 3 is 3.12 bits per heavy atom. The molecule has 0 amide bonds. The van der Waals surface area contributed by atoms with Gasteiger partial charge in [0.25, 0.3) is 0 Å². The maximum atomic E-state index is 5.98. The Morgan fingerprint density at radius 2 is 2.24 bits per heavy atom. The number of imidazole rings is 1. The largest absolute Gasteiger partial charge is 0.376 e. The number of ether oxygens (including phenoxy) is 1.